The van der Waals surface area contributed by atoms with Crippen molar-refractivity contribution in [2.75, 3.05) is 40.9 Å². The fourth-order valence-corrected chi connectivity index (χ4v) is 6.48. The van der Waals surface area contributed by atoms with E-state index in [9.17, 15) is 19.4 Å². The predicted octanol–water partition coefficient (Wildman–Crippen LogP) is 10.4. The summed E-state index contributed by atoms with van der Waals surface area (Å²) in [6, 6.07) is -0.768. The van der Waals surface area contributed by atoms with Crippen molar-refractivity contribution in [2.24, 2.45) is 0 Å². The molecule has 1 unspecified atom stereocenters. The highest BCUT2D eigenvalue weighted by atomic mass is 31.2. The molecule has 0 aliphatic carbocycles. The largest absolute Gasteiger partial charge is 0.472 e. The first-order valence-corrected chi connectivity index (χ1v) is 21.5. The molecule has 0 aromatic heterocycles. The molecule has 0 aliphatic heterocycles. The highest BCUT2D eigenvalue weighted by Crippen LogP contribution is 2.43. The fraction of sp³-hybridized carbons (Fsp3) is 0.923. The second-order valence-corrected chi connectivity index (χ2v) is 16.5. The van der Waals surface area contributed by atoms with Crippen molar-refractivity contribution in [3.8, 4) is 0 Å². The lowest BCUT2D eigenvalue weighted by Crippen LogP contribution is -2.46. The first-order chi connectivity index (χ1) is 23.0. The van der Waals surface area contributed by atoms with Crippen molar-refractivity contribution in [1.29, 1.82) is 0 Å². The zero-order valence-electron chi connectivity index (χ0n) is 32.2. The Kier molecular flexibility index (Phi) is 31.7. The van der Waals surface area contributed by atoms with Crippen LogP contribution in [0.25, 0.3) is 0 Å². The van der Waals surface area contributed by atoms with Crippen LogP contribution in [0.1, 0.15) is 181 Å². The summed E-state index contributed by atoms with van der Waals surface area (Å²) in [5.74, 6) is -0.155. The summed E-state index contributed by atoms with van der Waals surface area (Å²) in [6.45, 7) is 4.82. The lowest BCUT2D eigenvalue weighted by molar-refractivity contribution is -0.870. The molecular weight excluding hydrogens is 623 g/mol. The van der Waals surface area contributed by atoms with Gasteiger partial charge in [-0.15, -0.1) is 0 Å². The number of hydrogen-bond donors (Lipinski definition) is 3. The third kappa shape index (κ3) is 33.7. The van der Waals surface area contributed by atoms with Gasteiger partial charge in [0.1, 0.15) is 13.2 Å². The second kappa shape index (κ2) is 32.2. The number of aliphatic hydroxyl groups is 1. The van der Waals surface area contributed by atoms with Crippen molar-refractivity contribution in [1.82, 2.24) is 5.32 Å². The zero-order valence-corrected chi connectivity index (χ0v) is 33.1. The molecule has 0 aliphatic rings. The number of rotatable bonds is 36. The number of aliphatic hydroxyl groups excluding tert-OH is 1. The number of quaternary nitrogens is 1. The van der Waals surface area contributed by atoms with Crippen LogP contribution in [0.5, 0.6) is 0 Å². The topological polar surface area (TPSA) is 105 Å². The molecule has 0 heterocycles. The van der Waals surface area contributed by atoms with Crippen molar-refractivity contribution >= 4 is 13.7 Å². The van der Waals surface area contributed by atoms with Gasteiger partial charge in [0.05, 0.1) is 39.9 Å². The van der Waals surface area contributed by atoms with E-state index in [-0.39, 0.29) is 19.1 Å². The maximum atomic E-state index is 12.8. The summed E-state index contributed by atoms with van der Waals surface area (Å²) < 4.78 is 23.5. The van der Waals surface area contributed by atoms with E-state index in [0.29, 0.717) is 23.9 Å². The van der Waals surface area contributed by atoms with Crippen LogP contribution in [0, 0.1) is 0 Å². The molecule has 0 saturated carbocycles. The van der Waals surface area contributed by atoms with Gasteiger partial charge in [0.25, 0.3) is 0 Å². The maximum absolute atomic E-state index is 12.8. The van der Waals surface area contributed by atoms with Crippen LogP contribution < -0.4 is 5.32 Å². The van der Waals surface area contributed by atoms with Gasteiger partial charge in [-0.05, 0) is 38.5 Å². The third-order valence-corrected chi connectivity index (χ3v) is 10.00. The normalized spacial score (nSPS) is 14.7. The van der Waals surface area contributed by atoms with E-state index in [1.54, 1.807) is 0 Å². The van der Waals surface area contributed by atoms with Gasteiger partial charge in [-0.2, -0.15) is 0 Å². The minimum atomic E-state index is -4.31. The number of amides is 1. The molecule has 0 spiro atoms. The number of hydrogen-bond acceptors (Lipinski definition) is 5. The monoisotopic (exact) mass is 704 g/mol. The number of carbonyl (C=O) groups is 1. The number of allylic oxidation sites excluding steroid dienone is 2. The molecule has 8 nitrogen and oxygen atoms in total. The van der Waals surface area contributed by atoms with Gasteiger partial charge in [-0.3, -0.25) is 13.8 Å². The average molecular weight is 704 g/mol. The molecule has 0 aromatic carbocycles. The summed E-state index contributed by atoms with van der Waals surface area (Å²) >= 11 is 0. The number of nitrogens with zero attached hydrogens (tertiary/aromatic N) is 1. The second-order valence-electron chi connectivity index (χ2n) is 15.0. The maximum Gasteiger partial charge on any atom is 0.472 e. The number of nitrogens with one attached hydrogen (secondary N) is 1. The van der Waals surface area contributed by atoms with E-state index < -0.39 is 20.0 Å². The Bertz CT molecular complexity index is 804. The van der Waals surface area contributed by atoms with Crippen LogP contribution in [0.2, 0.25) is 0 Å². The van der Waals surface area contributed by atoms with Crippen LogP contribution >= 0.6 is 7.82 Å². The standard InChI is InChI=1S/C39H79N2O6P/c1-6-8-10-12-14-16-17-18-19-20-21-22-23-25-27-29-31-33-39(43)40-37(36-47-48(44,45)46-35-34-41(3,4)5)38(42)32-30-28-26-24-15-13-11-9-7-2/h15,24,37-38,42H,6-14,16-23,25-36H2,1-5H3,(H-,40,43,44,45)/p+1/b24-15+/t37-,38+/m0/s1. The van der Waals surface area contributed by atoms with Crippen LogP contribution in [-0.4, -0.2) is 73.4 Å². The van der Waals surface area contributed by atoms with E-state index in [2.05, 4.69) is 31.3 Å². The molecule has 3 atom stereocenters. The van der Waals surface area contributed by atoms with E-state index in [1.165, 1.54) is 109 Å². The van der Waals surface area contributed by atoms with Gasteiger partial charge in [0.2, 0.25) is 5.91 Å². The third-order valence-electron chi connectivity index (χ3n) is 9.01. The summed E-state index contributed by atoms with van der Waals surface area (Å²) in [5.41, 5.74) is 0. The van der Waals surface area contributed by atoms with Crippen LogP contribution in [0.15, 0.2) is 12.2 Å². The Balaban J connectivity index is 4.34. The fourth-order valence-electron chi connectivity index (χ4n) is 5.74. The summed E-state index contributed by atoms with van der Waals surface area (Å²) in [7, 11) is 1.60. The van der Waals surface area contributed by atoms with Gasteiger partial charge >= 0.3 is 7.82 Å². The number of phosphoric ester groups is 1. The number of likely N-dealkylation sites (N-methyl/N-ethyl adjacent to an activating group) is 1. The molecule has 0 aromatic rings. The van der Waals surface area contributed by atoms with Crippen LogP contribution in [0.4, 0.5) is 0 Å². The number of phosphoric acid groups is 1. The minimum Gasteiger partial charge on any atom is -0.391 e. The molecule has 0 rings (SSSR count). The van der Waals surface area contributed by atoms with Gasteiger partial charge in [0, 0.05) is 6.42 Å². The molecule has 286 valence electrons. The first-order valence-electron chi connectivity index (χ1n) is 20.1. The number of carbonyl (C=O) groups excluding carboxylic acids is 1. The summed E-state index contributed by atoms with van der Waals surface area (Å²) in [6.07, 6.45) is 33.9. The molecule has 0 fully saturated rings. The minimum absolute atomic E-state index is 0.0716. The predicted molar refractivity (Wildman–Crippen MR) is 203 cm³/mol. The number of unbranched alkanes of at least 4 members (excludes halogenated alkanes) is 21. The molecule has 1 amide bonds. The summed E-state index contributed by atoms with van der Waals surface area (Å²) in [5, 5.41) is 13.8. The Hall–Kier alpha value is -0.760. The van der Waals surface area contributed by atoms with Gasteiger partial charge in [0.15, 0.2) is 0 Å². The zero-order chi connectivity index (χ0) is 35.8. The average Bonchev–Trinajstić information content (AvgIpc) is 3.02. The lowest BCUT2D eigenvalue weighted by Gasteiger charge is -2.26. The van der Waals surface area contributed by atoms with Crippen molar-refractivity contribution in [3.05, 3.63) is 12.2 Å². The van der Waals surface area contributed by atoms with E-state index >= 15 is 0 Å². The Morgan fingerprint density at radius 3 is 1.60 bits per heavy atom. The molecule has 0 bridgehead atoms. The Morgan fingerprint density at radius 1 is 0.688 bits per heavy atom. The molecule has 0 saturated heterocycles. The molecular formula is C39H80N2O6P+. The molecule has 9 heteroatoms. The van der Waals surface area contributed by atoms with Gasteiger partial charge < -0.3 is 19.8 Å². The van der Waals surface area contributed by atoms with Crippen molar-refractivity contribution in [2.45, 2.75) is 193 Å². The summed E-state index contributed by atoms with van der Waals surface area (Å²) in [4.78, 5) is 23.0. The van der Waals surface area contributed by atoms with Crippen molar-refractivity contribution in [3.63, 3.8) is 0 Å². The van der Waals surface area contributed by atoms with Crippen molar-refractivity contribution < 1.29 is 32.9 Å². The highest BCUT2D eigenvalue weighted by Gasteiger charge is 2.28. The van der Waals surface area contributed by atoms with Crippen LogP contribution in [0.3, 0.4) is 0 Å². The van der Waals surface area contributed by atoms with E-state index in [1.807, 2.05) is 21.1 Å². The SMILES string of the molecule is CCCCC/C=C/CCCC[C@@H](O)[C@H](COP(=O)(O)OCC[N+](C)(C)C)NC(=O)CCCCCCCCCCCCCCCCCCC. The Labute approximate surface area is 297 Å². The van der Waals surface area contributed by atoms with E-state index in [4.69, 9.17) is 9.05 Å². The molecule has 3 N–H and O–H groups in total. The highest BCUT2D eigenvalue weighted by molar-refractivity contribution is 7.47. The first kappa shape index (κ1) is 47.2. The quantitative estimate of drug-likeness (QED) is 0.0260. The molecule has 48 heavy (non-hydrogen) atoms. The molecule has 0 radical (unpaired) electrons. The Morgan fingerprint density at radius 2 is 1.12 bits per heavy atom. The van der Waals surface area contributed by atoms with Gasteiger partial charge in [-0.25, -0.2) is 4.57 Å². The lowest BCUT2D eigenvalue weighted by atomic mass is 10.0. The van der Waals surface area contributed by atoms with Crippen LogP contribution in [-0.2, 0) is 18.4 Å². The smallest absolute Gasteiger partial charge is 0.391 e. The van der Waals surface area contributed by atoms with Gasteiger partial charge in [-0.1, -0.05) is 148 Å². The van der Waals surface area contributed by atoms with E-state index in [0.717, 1.165) is 44.9 Å².